The Bertz CT molecular complexity index is 355. The van der Waals surface area contributed by atoms with Crippen LogP contribution in [0.2, 0.25) is 0 Å². The molecule has 0 aromatic carbocycles. The number of hydrogen-bond donors (Lipinski definition) is 2. The fourth-order valence-corrected chi connectivity index (χ4v) is 1.38. The second-order valence-corrected chi connectivity index (χ2v) is 3.47. The van der Waals surface area contributed by atoms with Crippen molar-refractivity contribution in [3.63, 3.8) is 0 Å². The van der Waals surface area contributed by atoms with Crippen LogP contribution in [0.3, 0.4) is 0 Å². The molecule has 0 bridgehead atoms. The van der Waals surface area contributed by atoms with E-state index in [1.165, 1.54) is 6.20 Å². The molecule has 0 aliphatic rings. The number of primary amides is 1. The second kappa shape index (κ2) is 6.02. The van der Waals surface area contributed by atoms with E-state index in [1.807, 2.05) is 19.0 Å². The van der Waals surface area contributed by atoms with E-state index in [4.69, 9.17) is 5.73 Å². The summed E-state index contributed by atoms with van der Waals surface area (Å²) in [6.45, 7) is 1.70. The van der Waals surface area contributed by atoms with Gasteiger partial charge in [-0.3, -0.25) is 4.79 Å². The summed E-state index contributed by atoms with van der Waals surface area (Å²) in [5.41, 5.74) is 5.44. The van der Waals surface area contributed by atoms with Crippen molar-refractivity contribution in [1.82, 2.24) is 15.3 Å². The second-order valence-electron chi connectivity index (χ2n) is 3.47. The third-order valence-electron chi connectivity index (χ3n) is 2.19. The molecule has 1 aromatic heterocycles. The van der Waals surface area contributed by atoms with E-state index in [9.17, 15) is 4.79 Å². The minimum Gasteiger partial charge on any atom is -0.364 e. The van der Waals surface area contributed by atoms with Gasteiger partial charge in [-0.25, -0.2) is 9.97 Å². The van der Waals surface area contributed by atoms with Crippen LogP contribution in [0.15, 0.2) is 12.4 Å². The summed E-state index contributed by atoms with van der Waals surface area (Å²) < 4.78 is 0. The maximum absolute atomic E-state index is 11.1. The Balaban J connectivity index is 2.74. The van der Waals surface area contributed by atoms with Gasteiger partial charge in [0.25, 0.3) is 5.91 Å². The molecule has 0 aliphatic carbocycles. The number of rotatable bonds is 6. The minimum absolute atomic E-state index is 0.217. The van der Waals surface area contributed by atoms with Gasteiger partial charge in [-0.15, -0.1) is 0 Å². The van der Waals surface area contributed by atoms with E-state index in [0.29, 0.717) is 5.82 Å². The van der Waals surface area contributed by atoms with Crippen LogP contribution in [0.5, 0.6) is 0 Å². The van der Waals surface area contributed by atoms with E-state index in [1.54, 1.807) is 6.20 Å². The fourth-order valence-electron chi connectivity index (χ4n) is 1.38. The molecule has 1 amide bonds. The van der Waals surface area contributed by atoms with Gasteiger partial charge in [-0.1, -0.05) is 0 Å². The van der Waals surface area contributed by atoms with Gasteiger partial charge in [0.15, 0.2) is 11.5 Å². The van der Waals surface area contributed by atoms with Crippen LogP contribution in [0.25, 0.3) is 0 Å². The third kappa shape index (κ3) is 3.16. The highest BCUT2D eigenvalue weighted by atomic mass is 16.1. The summed E-state index contributed by atoms with van der Waals surface area (Å²) >= 11 is 0. The molecule has 0 radical (unpaired) electrons. The van der Waals surface area contributed by atoms with Crippen LogP contribution in [-0.4, -0.2) is 43.1 Å². The van der Waals surface area contributed by atoms with Gasteiger partial charge in [0.1, 0.15) is 0 Å². The SMILES string of the molecule is CNCCCN(C)c1nccnc1C(N)=O. The summed E-state index contributed by atoms with van der Waals surface area (Å²) in [5, 5.41) is 3.06. The number of nitrogens with zero attached hydrogens (tertiary/aromatic N) is 3. The molecule has 0 aliphatic heterocycles. The first-order valence-corrected chi connectivity index (χ1v) is 5.13. The lowest BCUT2D eigenvalue weighted by atomic mass is 10.3. The number of carbonyl (C=O) groups excluding carboxylic acids is 1. The van der Waals surface area contributed by atoms with Crippen molar-refractivity contribution < 1.29 is 4.79 Å². The average Bonchev–Trinajstić information content (AvgIpc) is 2.29. The average molecular weight is 223 g/mol. The number of hydrogen-bond acceptors (Lipinski definition) is 5. The monoisotopic (exact) mass is 223 g/mol. The summed E-state index contributed by atoms with van der Waals surface area (Å²) in [6, 6.07) is 0. The lowest BCUT2D eigenvalue weighted by Gasteiger charge is -2.19. The van der Waals surface area contributed by atoms with Gasteiger partial charge >= 0.3 is 0 Å². The molecule has 1 aromatic rings. The highest BCUT2D eigenvalue weighted by Crippen LogP contribution is 2.12. The highest BCUT2D eigenvalue weighted by molar-refractivity contribution is 5.95. The molecular weight excluding hydrogens is 206 g/mol. The molecule has 0 saturated heterocycles. The molecule has 0 spiro atoms. The Morgan fingerprint density at radius 1 is 1.50 bits per heavy atom. The number of nitrogens with two attached hydrogens (primary N) is 1. The predicted octanol–water partition coefficient (Wildman–Crippen LogP) is -0.379. The zero-order valence-corrected chi connectivity index (χ0v) is 9.60. The van der Waals surface area contributed by atoms with Gasteiger partial charge in [-0.2, -0.15) is 0 Å². The minimum atomic E-state index is -0.552. The lowest BCUT2D eigenvalue weighted by molar-refractivity contribution is 0.0996. The first-order valence-electron chi connectivity index (χ1n) is 5.13. The quantitative estimate of drug-likeness (QED) is 0.642. The summed E-state index contributed by atoms with van der Waals surface area (Å²) in [4.78, 5) is 21.1. The molecule has 0 saturated carbocycles. The van der Waals surface area contributed by atoms with Crippen LogP contribution in [0, 0.1) is 0 Å². The summed E-state index contributed by atoms with van der Waals surface area (Å²) in [6.07, 6.45) is 3.98. The maximum atomic E-state index is 11.1. The van der Waals surface area contributed by atoms with Gasteiger partial charge in [0, 0.05) is 26.0 Å². The Kier molecular flexibility index (Phi) is 4.65. The largest absolute Gasteiger partial charge is 0.364 e. The first-order chi connectivity index (χ1) is 7.66. The highest BCUT2D eigenvalue weighted by Gasteiger charge is 2.13. The van der Waals surface area contributed by atoms with Crippen LogP contribution >= 0.6 is 0 Å². The van der Waals surface area contributed by atoms with E-state index in [0.717, 1.165) is 19.5 Å². The fraction of sp³-hybridized carbons (Fsp3) is 0.500. The van der Waals surface area contributed by atoms with Crippen LogP contribution in [0.4, 0.5) is 5.82 Å². The molecule has 88 valence electrons. The van der Waals surface area contributed by atoms with Crippen molar-refractivity contribution >= 4 is 11.7 Å². The predicted molar refractivity (Wildman–Crippen MR) is 62.4 cm³/mol. The number of carbonyl (C=O) groups is 1. The van der Waals surface area contributed by atoms with E-state index >= 15 is 0 Å². The molecule has 0 unspecified atom stereocenters. The molecular formula is C10H17N5O. The zero-order chi connectivity index (χ0) is 12.0. The zero-order valence-electron chi connectivity index (χ0n) is 9.60. The number of anilines is 1. The molecule has 1 rings (SSSR count). The molecule has 6 nitrogen and oxygen atoms in total. The van der Waals surface area contributed by atoms with Crippen LogP contribution < -0.4 is 16.0 Å². The Morgan fingerprint density at radius 3 is 2.81 bits per heavy atom. The summed E-state index contributed by atoms with van der Waals surface area (Å²) in [5.74, 6) is -0.0188. The van der Waals surface area contributed by atoms with Gasteiger partial charge in [0.05, 0.1) is 0 Å². The molecule has 0 atom stereocenters. The van der Waals surface area contributed by atoms with Gasteiger partial charge in [0.2, 0.25) is 0 Å². The molecule has 3 N–H and O–H groups in total. The number of aromatic nitrogens is 2. The number of nitrogens with one attached hydrogen (secondary N) is 1. The third-order valence-corrected chi connectivity index (χ3v) is 2.19. The van der Waals surface area contributed by atoms with Gasteiger partial charge < -0.3 is 16.0 Å². The Labute approximate surface area is 94.9 Å². The normalized spacial score (nSPS) is 10.1. The van der Waals surface area contributed by atoms with Crippen molar-refractivity contribution in [3.05, 3.63) is 18.1 Å². The molecule has 16 heavy (non-hydrogen) atoms. The topological polar surface area (TPSA) is 84.1 Å². The van der Waals surface area contributed by atoms with E-state index < -0.39 is 5.91 Å². The molecule has 1 heterocycles. The molecule has 0 fully saturated rings. The lowest BCUT2D eigenvalue weighted by Crippen LogP contribution is -2.27. The summed E-state index contributed by atoms with van der Waals surface area (Å²) in [7, 11) is 3.77. The Morgan fingerprint density at radius 2 is 2.19 bits per heavy atom. The molecule has 6 heteroatoms. The standard InChI is InChI=1S/C10H17N5O/c1-12-4-3-7-15(2)10-8(9(11)16)13-5-6-14-10/h5-6,12H,3-4,7H2,1-2H3,(H2,11,16). The van der Waals surface area contributed by atoms with Crippen LogP contribution in [-0.2, 0) is 0 Å². The first kappa shape index (κ1) is 12.4. The maximum Gasteiger partial charge on any atom is 0.271 e. The van der Waals surface area contributed by atoms with Gasteiger partial charge in [-0.05, 0) is 20.0 Å². The van der Waals surface area contributed by atoms with Crippen molar-refractivity contribution in [2.75, 3.05) is 32.1 Å². The number of amides is 1. The van der Waals surface area contributed by atoms with Crippen molar-refractivity contribution in [2.45, 2.75) is 6.42 Å². The van der Waals surface area contributed by atoms with Crippen molar-refractivity contribution in [3.8, 4) is 0 Å². The van der Waals surface area contributed by atoms with Crippen molar-refractivity contribution in [1.29, 1.82) is 0 Å². The van der Waals surface area contributed by atoms with E-state index in [-0.39, 0.29) is 5.69 Å². The Hall–Kier alpha value is -1.69. The van der Waals surface area contributed by atoms with Crippen molar-refractivity contribution in [2.24, 2.45) is 5.73 Å². The smallest absolute Gasteiger partial charge is 0.271 e. The van der Waals surface area contributed by atoms with Crippen LogP contribution in [0.1, 0.15) is 16.9 Å². The van der Waals surface area contributed by atoms with E-state index in [2.05, 4.69) is 15.3 Å².